The maximum absolute atomic E-state index is 13.1. The number of nitrogens with zero attached hydrogens (tertiary/aromatic N) is 1. The number of carbonyl (C=O) groups excluding carboxylic acids is 1. The molecule has 3 rings (SSSR count). The summed E-state index contributed by atoms with van der Waals surface area (Å²) in [5.74, 6) is 0.947. The molecule has 2 aromatic carbocycles. The Hall–Kier alpha value is -2.18. The fourth-order valence-electron chi connectivity index (χ4n) is 5.38. The molecule has 3 aromatic rings. The van der Waals surface area contributed by atoms with Gasteiger partial charge in [0.2, 0.25) is 11.4 Å². The van der Waals surface area contributed by atoms with Crippen LogP contribution in [0.15, 0.2) is 53.4 Å². The third kappa shape index (κ3) is 13.6. The molecule has 1 amide bonds. The monoisotopic (exact) mass is 670 g/mol. The zero-order valence-corrected chi connectivity index (χ0v) is 29.8. The topological polar surface area (TPSA) is 42.2 Å². The lowest BCUT2D eigenvalue weighted by atomic mass is 9.85. The Bertz CT molecular complexity index is 1220. The summed E-state index contributed by atoms with van der Waals surface area (Å²) in [5, 5.41) is 5.30. The van der Waals surface area contributed by atoms with Gasteiger partial charge in [-0.2, -0.15) is 4.57 Å². The maximum atomic E-state index is 13.1. The molecule has 0 saturated carbocycles. The highest BCUT2D eigenvalue weighted by Crippen LogP contribution is 2.33. The van der Waals surface area contributed by atoms with E-state index in [1.54, 1.807) is 11.3 Å². The summed E-state index contributed by atoms with van der Waals surface area (Å²) in [6.07, 6.45) is 16.4. The zero-order valence-electron chi connectivity index (χ0n) is 27.4. The highest BCUT2D eigenvalue weighted by atomic mass is 79.9. The number of unbranched alkanes of at least 4 members (excludes halogenated alkanes) is 11. The van der Waals surface area contributed by atoms with Crippen molar-refractivity contribution in [2.45, 2.75) is 130 Å². The average Bonchev–Trinajstić information content (AvgIpc) is 3.36. The van der Waals surface area contributed by atoms with E-state index < -0.39 is 0 Å². The summed E-state index contributed by atoms with van der Waals surface area (Å²) in [6, 6.07) is 14.3. The molecule has 0 saturated heterocycles. The molecule has 6 heteroatoms. The Kier molecular flexibility index (Phi) is 17.2. The van der Waals surface area contributed by atoms with Crippen LogP contribution in [-0.4, -0.2) is 12.5 Å². The largest absolute Gasteiger partial charge is 1.00 e. The molecule has 1 heterocycles. The molecule has 0 aliphatic rings. The first-order valence-electron chi connectivity index (χ1n) is 16.3. The van der Waals surface area contributed by atoms with Crippen LogP contribution < -0.4 is 31.6 Å². The van der Waals surface area contributed by atoms with E-state index in [0.29, 0.717) is 6.42 Å². The third-order valence-electron chi connectivity index (χ3n) is 7.98. The summed E-state index contributed by atoms with van der Waals surface area (Å²) in [6.45, 7) is 12.5. The van der Waals surface area contributed by atoms with Crippen molar-refractivity contribution in [2.24, 2.45) is 0 Å². The molecule has 0 aliphatic carbocycles. The van der Waals surface area contributed by atoms with Crippen molar-refractivity contribution < 1.29 is 31.1 Å². The zero-order chi connectivity index (χ0) is 30.2. The minimum Gasteiger partial charge on any atom is -1.00 e. The molecule has 0 fully saturated rings. The van der Waals surface area contributed by atoms with Crippen LogP contribution in [0.25, 0.3) is 0 Å². The molecule has 0 bridgehead atoms. The number of carbonyl (C=O) groups is 1. The van der Waals surface area contributed by atoms with Gasteiger partial charge in [-0.25, -0.2) is 0 Å². The molecule has 1 N–H and O–H groups in total. The number of halogens is 1. The Morgan fingerprint density at radius 3 is 2.12 bits per heavy atom. The van der Waals surface area contributed by atoms with Crippen LogP contribution in [-0.2, 0) is 23.2 Å². The lowest BCUT2D eigenvalue weighted by Crippen LogP contribution is -3.00. The SMILES string of the molecule is CCCCCCCCCCCCCCOc1ccc(CC(=O)Nc2ccccc2C[n+]2cscc2C)cc1C(C)(C)C.[Br-]. The molecule has 0 spiro atoms. The van der Waals surface area contributed by atoms with Gasteiger partial charge < -0.3 is 27.0 Å². The second-order valence-electron chi connectivity index (χ2n) is 12.8. The van der Waals surface area contributed by atoms with E-state index in [9.17, 15) is 4.79 Å². The molecule has 0 aliphatic heterocycles. The van der Waals surface area contributed by atoms with E-state index in [0.717, 1.165) is 47.7 Å². The number of hydrogen-bond donors (Lipinski definition) is 1. The first-order chi connectivity index (χ1) is 20.3. The predicted molar refractivity (Wildman–Crippen MR) is 179 cm³/mol. The number of aromatic nitrogens is 1. The molecule has 43 heavy (non-hydrogen) atoms. The Labute approximate surface area is 276 Å². The summed E-state index contributed by atoms with van der Waals surface area (Å²) < 4.78 is 8.49. The van der Waals surface area contributed by atoms with Gasteiger partial charge in [-0.1, -0.05) is 140 Å². The summed E-state index contributed by atoms with van der Waals surface area (Å²) in [7, 11) is 0. The van der Waals surface area contributed by atoms with E-state index in [1.165, 1.54) is 76.3 Å². The quantitative estimate of drug-likeness (QED) is 0.111. The molecule has 0 unspecified atom stereocenters. The van der Waals surface area contributed by atoms with E-state index in [2.05, 4.69) is 73.6 Å². The molecule has 4 nitrogen and oxygen atoms in total. The lowest BCUT2D eigenvalue weighted by molar-refractivity contribution is -0.689. The standard InChI is InChI=1S/C37H54N2O2S.BrH/c1-6-7-8-9-10-11-12-13-14-15-16-19-24-41-35-23-22-31(25-33(35)37(3,4)5)26-36(40)38-34-21-18-17-20-32(34)27-39-29-42-28-30(39)2;/h17-18,20-23,25,28-29H,6-16,19,24,26-27H2,1-5H3;1H. The lowest BCUT2D eigenvalue weighted by Gasteiger charge is -2.24. The average molecular weight is 672 g/mol. The van der Waals surface area contributed by atoms with Crippen LogP contribution in [0.5, 0.6) is 5.75 Å². The van der Waals surface area contributed by atoms with Gasteiger partial charge in [0.25, 0.3) is 0 Å². The van der Waals surface area contributed by atoms with Gasteiger partial charge in [0.05, 0.1) is 24.1 Å². The van der Waals surface area contributed by atoms with Crippen LogP contribution in [0.2, 0.25) is 0 Å². The fraction of sp³-hybridized carbons (Fsp3) is 0.568. The van der Waals surface area contributed by atoms with Crippen molar-refractivity contribution in [1.29, 1.82) is 0 Å². The smallest absolute Gasteiger partial charge is 0.228 e. The maximum Gasteiger partial charge on any atom is 0.228 e. The molecule has 238 valence electrons. The second kappa shape index (κ2) is 20.0. The van der Waals surface area contributed by atoms with Crippen LogP contribution in [0.3, 0.4) is 0 Å². The molecule has 1 aromatic heterocycles. The van der Waals surface area contributed by atoms with Crippen LogP contribution >= 0.6 is 11.3 Å². The number of para-hydroxylation sites is 1. The number of benzene rings is 2. The van der Waals surface area contributed by atoms with Crippen LogP contribution in [0, 0.1) is 6.92 Å². The third-order valence-corrected chi connectivity index (χ3v) is 8.84. The number of hydrogen-bond acceptors (Lipinski definition) is 3. The molecule has 0 radical (unpaired) electrons. The first-order valence-corrected chi connectivity index (χ1v) is 17.3. The van der Waals surface area contributed by atoms with E-state index in [4.69, 9.17) is 4.74 Å². The summed E-state index contributed by atoms with van der Waals surface area (Å²) in [4.78, 5) is 13.1. The number of aryl methyl sites for hydroxylation is 1. The van der Waals surface area contributed by atoms with Crippen LogP contribution in [0.4, 0.5) is 5.69 Å². The first kappa shape index (κ1) is 37.0. The van der Waals surface area contributed by atoms with Crippen molar-refractivity contribution in [3.8, 4) is 5.75 Å². The summed E-state index contributed by atoms with van der Waals surface area (Å²) >= 11 is 1.69. The van der Waals surface area contributed by atoms with Crippen molar-refractivity contribution in [3.63, 3.8) is 0 Å². The highest BCUT2D eigenvalue weighted by Gasteiger charge is 2.21. The highest BCUT2D eigenvalue weighted by molar-refractivity contribution is 7.07. The number of thiazole rings is 1. The van der Waals surface area contributed by atoms with Gasteiger partial charge in [-0.15, -0.1) is 0 Å². The van der Waals surface area contributed by atoms with Crippen molar-refractivity contribution in [1.82, 2.24) is 0 Å². The Morgan fingerprint density at radius 1 is 0.884 bits per heavy atom. The predicted octanol–water partition coefficient (Wildman–Crippen LogP) is 6.95. The number of nitrogens with one attached hydrogen (secondary N) is 1. The van der Waals surface area contributed by atoms with Gasteiger partial charge in [-0.3, -0.25) is 4.79 Å². The van der Waals surface area contributed by atoms with Crippen LogP contribution in [0.1, 0.15) is 127 Å². The summed E-state index contributed by atoms with van der Waals surface area (Å²) in [5.41, 5.74) is 7.42. The normalized spacial score (nSPS) is 11.3. The van der Waals surface area contributed by atoms with Gasteiger partial charge in [0.1, 0.15) is 5.75 Å². The van der Waals surface area contributed by atoms with E-state index >= 15 is 0 Å². The molecule has 0 atom stereocenters. The van der Waals surface area contributed by atoms with Crippen molar-refractivity contribution >= 4 is 22.9 Å². The van der Waals surface area contributed by atoms with E-state index in [-0.39, 0.29) is 28.3 Å². The Balaban J connectivity index is 0.00000645. The minimum absolute atomic E-state index is 0. The molecular weight excluding hydrogens is 616 g/mol. The van der Waals surface area contributed by atoms with E-state index in [1.807, 2.05) is 24.3 Å². The minimum atomic E-state index is -0.0689. The number of ether oxygens (including phenoxy) is 1. The number of anilines is 1. The van der Waals surface area contributed by atoms with Gasteiger partial charge in [0.15, 0.2) is 12.2 Å². The van der Waals surface area contributed by atoms with Crippen molar-refractivity contribution in [2.75, 3.05) is 11.9 Å². The van der Waals surface area contributed by atoms with Gasteiger partial charge in [-0.05, 0) is 35.1 Å². The second-order valence-corrected chi connectivity index (χ2v) is 13.5. The Morgan fingerprint density at radius 2 is 1.51 bits per heavy atom. The number of rotatable bonds is 19. The fourth-order valence-corrected chi connectivity index (χ4v) is 6.16. The number of amides is 1. The van der Waals surface area contributed by atoms with Crippen molar-refractivity contribution in [3.05, 3.63) is 75.7 Å². The molecular formula is C37H55BrN2O2S. The van der Waals surface area contributed by atoms with Gasteiger partial charge >= 0.3 is 0 Å². The van der Waals surface area contributed by atoms with Gasteiger partial charge in [0, 0.05) is 12.5 Å².